The molecule has 11 heteroatoms. The fraction of sp³-hybridized carbons (Fsp3) is 0.348. The van der Waals surface area contributed by atoms with E-state index < -0.39 is 11.0 Å². The van der Waals surface area contributed by atoms with Gasteiger partial charge in [-0.15, -0.1) is 0 Å². The molecule has 1 aliphatic carbocycles. The van der Waals surface area contributed by atoms with E-state index in [4.69, 9.17) is 16.6 Å². The zero-order valence-electron chi connectivity index (χ0n) is 18.9. The number of anilines is 3. The minimum Gasteiger partial charge on any atom is -0.362 e. The van der Waals surface area contributed by atoms with Crippen LogP contribution in [0.1, 0.15) is 25.7 Å². The number of para-hydroxylation sites is 1. The van der Waals surface area contributed by atoms with Crippen molar-refractivity contribution in [3.63, 3.8) is 0 Å². The number of hydrogen-bond donors (Lipinski definition) is 3. The van der Waals surface area contributed by atoms with E-state index in [2.05, 4.69) is 20.9 Å². The monoisotopic (exact) mass is 483 g/mol. The fourth-order valence-electron chi connectivity index (χ4n) is 4.10. The highest BCUT2D eigenvalue weighted by atomic mass is 35.5. The summed E-state index contributed by atoms with van der Waals surface area (Å²) in [6.45, 7) is 0. The van der Waals surface area contributed by atoms with Crippen molar-refractivity contribution < 1.29 is 9.72 Å². The van der Waals surface area contributed by atoms with Crippen LogP contribution in [0.2, 0.25) is 5.02 Å². The standard InChI is InChI=1S/C23H26ClN7O3/c1-30(2)21-17-5-3-4-6-19(17)27-22(29-21)25-14-7-9-15(10-8-14)26-23(32)28-20-13-16(31(33)34)11-12-18(20)24/h3-6,11-15H,7-10H2,1-2H3,(H,25,27,29)(H2,26,28,32)/t14-,15+. The maximum absolute atomic E-state index is 12.4. The van der Waals surface area contributed by atoms with Crippen molar-refractivity contribution in [2.24, 2.45) is 0 Å². The molecule has 0 radical (unpaired) electrons. The normalized spacial score (nSPS) is 17.7. The van der Waals surface area contributed by atoms with Crippen molar-refractivity contribution in [1.82, 2.24) is 15.3 Å². The van der Waals surface area contributed by atoms with Gasteiger partial charge in [-0.05, 0) is 43.9 Å². The lowest BCUT2D eigenvalue weighted by atomic mass is 9.91. The second-order valence-corrected chi connectivity index (χ2v) is 8.90. The molecule has 0 bridgehead atoms. The van der Waals surface area contributed by atoms with Crippen molar-refractivity contribution in [2.75, 3.05) is 29.6 Å². The number of hydrogen-bond acceptors (Lipinski definition) is 7. The first kappa shape index (κ1) is 23.5. The Bertz CT molecular complexity index is 1210. The molecular formula is C23H26ClN7O3. The number of benzene rings is 2. The van der Waals surface area contributed by atoms with Crippen LogP contribution in [0, 0.1) is 10.1 Å². The number of carbonyl (C=O) groups excluding carboxylic acids is 1. The topological polar surface area (TPSA) is 125 Å². The van der Waals surface area contributed by atoms with Crippen LogP contribution in [0.3, 0.4) is 0 Å². The summed E-state index contributed by atoms with van der Waals surface area (Å²) in [7, 11) is 3.92. The SMILES string of the molecule is CN(C)c1nc(N[C@H]2CC[C@@H](NC(=O)Nc3cc([N+](=O)[O-])ccc3Cl)CC2)nc2ccccc12. The minimum atomic E-state index is -0.533. The smallest absolute Gasteiger partial charge is 0.319 e. The molecule has 0 spiro atoms. The lowest BCUT2D eigenvalue weighted by Gasteiger charge is -2.30. The molecule has 1 fully saturated rings. The Morgan fingerprint density at radius 2 is 1.79 bits per heavy atom. The minimum absolute atomic E-state index is 0.00891. The van der Waals surface area contributed by atoms with E-state index in [0.717, 1.165) is 42.4 Å². The molecule has 0 saturated heterocycles. The van der Waals surface area contributed by atoms with Gasteiger partial charge in [-0.25, -0.2) is 9.78 Å². The lowest BCUT2D eigenvalue weighted by Crippen LogP contribution is -2.42. The quantitative estimate of drug-likeness (QED) is 0.339. The van der Waals surface area contributed by atoms with E-state index in [-0.39, 0.29) is 28.5 Å². The number of aromatic nitrogens is 2. The summed E-state index contributed by atoms with van der Waals surface area (Å²) in [6, 6.07) is 11.6. The molecular weight excluding hydrogens is 458 g/mol. The molecule has 178 valence electrons. The largest absolute Gasteiger partial charge is 0.362 e. The molecule has 3 aromatic rings. The Hall–Kier alpha value is -3.66. The van der Waals surface area contributed by atoms with Crippen LogP contribution < -0.4 is 20.9 Å². The number of amides is 2. The van der Waals surface area contributed by atoms with Gasteiger partial charge in [0, 0.05) is 43.7 Å². The van der Waals surface area contributed by atoms with Gasteiger partial charge in [-0.2, -0.15) is 4.98 Å². The first-order chi connectivity index (χ1) is 16.3. The van der Waals surface area contributed by atoms with Gasteiger partial charge in [-0.3, -0.25) is 10.1 Å². The van der Waals surface area contributed by atoms with E-state index in [1.54, 1.807) is 0 Å². The number of nitro groups is 1. The highest BCUT2D eigenvalue weighted by molar-refractivity contribution is 6.33. The molecule has 1 saturated carbocycles. The molecule has 3 N–H and O–H groups in total. The molecule has 0 aliphatic heterocycles. The van der Waals surface area contributed by atoms with E-state index in [1.807, 2.05) is 43.3 Å². The Morgan fingerprint density at radius 1 is 1.09 bits per heavy atom. The summed E-state index contributed by atoms with van der Waals surface area (Å²) in [5, 5.41) is 21.2. The van der Waals surface area contributed by atoms with Crippen LogP contribution in [0.4, 0.5) is 27.9 Å². The van der Waals surface area contributed by atoms with Crippen molar-refractivity contribution in [1.29, 1.82) is 0 Å². The van der Waals surface area contributed by atoms with Crippen molar-refractivity contribution in [3.8, 4) is 0 Å². The zero-order chi connectivity index (χ0) is 24.2. The van der Waals surface area contributed by atoms with Crippen molar-refractivity contribution >= 4 is 51.7 Å². The van der Waals surface area contributed by atoms with Crippen LogP contribution >= 0.6 is 11.6 Å². The van der Waals surface area contributed by atoms with Gasteiger partial charge in [-0.1, -0.05) is 23.7 Å². The third-order valence-corrected chi connectivity index (χ3v) is 6.14. The first-order valence-electron chi connectivity index (χ1n) is 11.0. The van der Waals surface area contributed by atoms with Crippen LogP contribution in [-0.4, -0.2) is 47.1 Å². The Kier molecular flexibility index (Phi) is 6.97. The summed E-state index contributed by atoms with van der Waals surface area (Å²) in [6.07, 6.45) is 3.25. The van der Waals surface area contributed by atoms with E-state index >= 15 is 0 Å². The van der Waals surface area contributed by atoms with E-state index in [1.165, 1.54) is 18.2 Å². The maximum atomic E-state index is 12.4. The molecule has 0 atom stereocenters. The predicted octanol–water partition coefficient (Wildman–Crippen LogP) is 4.80. The van der Waals surface area contributed by atoms with Crippen molar-refractivity contribution in [3.05, 3.63) is 57.6 Å². The summed E-state index contributed by atoms with van der Waals surface area (Å²) < 4.78 is 0. The lowest BCUT2D eigenvalue weighted by molar-refractivity contribution is -0.384. The zero-order valence-corrected chi connectivity index (χ0v) is 19.7. The van der Waals surface area contributed by atoms with Gasteiger partial charge < -0.3 is 20.9 Å². The Balaban J connectivity index is 1.33. The molecule has 1 aromatic heterocycles. The van der Waals surface area contributed by atoms with Gasteiger partial charge in [0.2, 0.25) is 5.95 Å². The van der Waals surface area contributed by atoms with Crippen molar-refractivity contribution in [2.45, 2.75) is 37.8 Å². The highest BCUT2D eigenvalue weighted by Gasteiger charge is 2.24. The molecule has 4 rings (SSSR count). The Labute approximate surface area is 201 Å². The molecule has 1 heterocycles. The number of nitrogens with zero attached hydrogens (tertiary/aromatic N) is 4. The van der Waals surface area contributed by atoms with Gasteiger partial charge >= 0.3 is 6.03 Å². The summed E-state index contributed by atoms with van der Waals surface area (Å²) in [5.41, 5.74) is 0.948. The number of carbonyl (C=O) groups is 1. The number of halogens is 1. The number of rotatable bonds is 6. The van der Waals surface area contributed by atoms with Crippen LogP contribution in [0.25, 0.3) is 10.9 Å². The Morgan fingerprint density at radius 3 is 2.50 bits per heavy atom. The summed E-state index contributed by atoms with van der Waals surface area (Å²) in [5.74, 6) is 1.46. The molecule has 0 unspecified atom stereocenters. The van der Waals surface area contributed by atoms with Gasteiger partial charge in [0.15, 0.2) is 0 Å². The van der Waals surface area contributed by atoms with Crippen LogP contribution in [0.5, 0.6) is 0 Å². The molecule has 1 aliphatic rings. The first-order valence-corrected chi connectivity index (χ1v) is 11.4. The second-order valence-electron chi connectivity index (χ2n) is 8.50. The van der Waals surface area contributed by atoms with Gasteiger partial charge in [0.05, 0.1) is 21.2 Å². The molecule has 10 nitrogen and oxygen atoms in total. The number of urea groups is 1. The summed E-state index contributed by atoms with van der Waals surface area (Å²) >= 11 is 6.06. The van der Waals surface area contributed by atoms with Gasteiger partial charge in [0.1, 0.15) is 5.82 Å². The van der Waals surface area contributed by atoms with Gasteiger partial charge in [0.25, 0.3) is 5.69 Å². The fourth-order valence-corrected chi connectivity index (χ4v) is 4.26. The van der Waals surface area contributed by atoms with E-state index in [9.17, 15) is 14.9 Å². The maximum Gasteiger partial charge on any atom is 0.319 e. The number of fused-ring (bicyclic) bond motifs is 1. The average molecular weight is 484 g/mol. The average Bonchev–Trinajstić information content (AvgIpc) is 2.81. The molecule has 34 heavy (non-hydrogen) atoms. The predicted molar refractivity (Wildman–Crippen MR) is 134 cm³/mol. The molecule has 2 aromatic carbocycles. The number of nitrogens with one attached hydrogen (secondary N) is 3. The third-order valence-electron chi connectivity index (χ3n) is 5.81. The number of nitro benzene ring substituents is 1. The third kappa shape index (κ3) is 5.45. The van der Waals surface area contributed by atoms with Crippen LogP contribution in [-0.2, 0) is 0 Å². The second kappa shape index (κ2) is 10.1. The molecule has 2 amide bonds. The highest BCUT2D eigenvalue weighted by Crippen LogP contribution is 2.28. The summed E-state index contributed by atoms with van der Waals surface area (Å²) in [4.78, 5) is 34.2. The number of non-ortho nitro benzene ring substituents is 1. The van der Waals surface area contributed by atoms with E-state index in [0.29, 0.717) is 5.95 Å². The van der Waals surface area contributed by atoms with Crippen LogP contribution in [0.15, 0.2) is 42.5 Å².